The molecule has 0 radical (unpaired) electrons. The zero-order valence-corrected chi connectivity index (χ0v) is 11.2. The van der Waals surface area contributed by atoms with Crippen molar-refractivity contribution in [2.24, 2.45) is 0 Å². The Kier molecular flexibility index (Phi) is 3.66. The van der Waals surface area contributed by atoms with Gasteiger partial charge in [0.05, 0.1) is 11.3 Å². The highest BCUT2D eigenvalue weighted by Gasteiger charge is 2.37. The molecular formula is C12H9BrF3NO2. The zero-order valence-electron chi connectivity index (χ0n) is 9.63. The fourth-order valence-electron chi connectivity index (χ4n) is 1.96. The molecule has 2 rings (SSSR count). The maximum Gasteiger partial charge on any atom is 0.389 e. The fourth-order valence-corrected chi connectivity index (χ4v) is 2.50. The van der Waals surface area contributed by atoms with Crippen LogP contribution in [0.2, 0.25) is 0 Å². The molecule has 1 aliphatic heterocycles. The SMILES string of the molecule is O=C1C(=O)N(CCCC(F)(F)F)c2cccc(Br)c21. The van der Waals surface area contributed by atoms with Crippen LogP contribution in [-0.4, -0.2) is 24.4 Å². The molecule has 0 N–H and O–H groups in total. The van der Waals surface area contributed by atoms with Crippen LogP contribution in [0.5, 0.6) is 0 Å². The van der Waals surface area contributed by atoms with E-state index in [1.165, 1.54) is 0 Å². The van der Waals surface area contributed by atoms with E-state index in [0.717, 1.165) is 4.90 Å². The Bertz CT molecular complexity index is 542. The van der Waals surface area contributed by atoms with Crippen LogP contribution in [0.25, 0.3) is 0 Å². The summed E-state index contributed by atoms with van der Waals surface area (Å²) in [6.45, 7) is -0.118. The Labute approximate surface area is 115 Å². The first-order valence-electron chi connectivity index (χ1n) is 5.53. The lowest BCUT2D eigenvalue weighted by Gasteiger charge is -2.16. The van der Waals surface area contributed by atoms with Gasteiger partial charge < -0.3 is 4.90 Å². The van der Waals surface area contributed by atoms with E-state index in [2.05, 4.69) is 15.9 Å². The lowest BCUT2D eigenvalue weighted by molar-refractivity contribution is -0.135. The molecule has 0 aliphatic carbocycles. The van der Waals surface area contributed by atoms with Crippen LogP contribution in [0.4, 0.5) is 18.9 Å². The summed E-state index contributed by atoms with van der Waals surface area (Å²) in [4.78, 5) is 24.6. The number of nitrogens with zero attached hydrogens (tertiary/aromatic N) is 1. The lowest BCUT2D eigenvalue weighted by Crippen LogP contribution is -2.31. The molecule has 0 bridgehead atoms. The van der Waals surface area contributed by atoms with Gasteiger partial charge in [0.1, 0.15) is 0 Å². The van der Waals surface area contributed by atoms with E-state index in [0.29, 0.717) is 10.2 Å². The molecule has 0 saturated heterocycles. The number of amides is 1. The van der Waals surface area contributed by atoms with E-state index in [1.54, 1.807) is 18.2 Å². The number of hydrogen-bond acceptors (Lipinski definition) is 2. The summed E-state index contributed by atoms with van der Waals surface area (Å²) in [6, 6.07) is 4.80. The van der Waals surface area contributed by atoms with Crippen LogP contribution in [0.1, 0.15) is 23.2 Å². The van der Waals surface area contributed by atoms with Gasteiger partial charge in [-0.15, -0.1) is 0 Å². The van der Waals surface area contributed by atoms with Crippen LogP contribution in [-0.2, 0) is 4.79 Å². The minimum atomic E-state index is -4.26. The molecule has 1 aromatic carbocycles. The third-order valence-corrected chi connectivity index (χ3v) is 3.45. The quantitative estimate of drug-likeness (QED) is 0.794. The van der Waals surface area contributed by atoms with E-state index >= 15 is 0 Å². The van der Waals surface area contributed by atoms with Crippen molar-refractivity contribution < 1.29 is 22.8 Å². The van der Waals surface area contributed by atoms with Gasteiger partial charge in [-0.2, -0.15) is 13.2 Å². The van der Waals surface area contributed by atoms with Crippen molar-refractivity contribution in [3.8, 4) is 0 Å². The second-order valence-electron chi connectivity index (χ2n) is 4.14. The van der Waals surface area contributed by atoms with Gasteiger partial charge in [0.15, 0.2) is 0 Å². The normalized spacial score (nSPS) is 15.1. The van der Waals surface area contributed by atoms with E-state index in [-0.39, 0.29) is 18.5 Å². The number of benzene rings is 1. The number of alkyl halides is 3. The Morgan fingerprint density at radius 2 is 1.89 bits per heavy atom. The third kappa shape index (κ3) is 2.80. The molecule has 1 aromatic rings. The molecule has 102 valence electrons. The first-order chi connectivity index (χ1) is 8.81. The molecule has 1 heterocycles. The fraction of sp³-hybridized carbons (Fsp3) is 0.333. The second-order valence-corrected chi connectivity index (χ2v) is 4.99. The standard InChI is InChI=1S/C12H9BrF3NO2/c13-7-3-1-4-8-9(7)10(18)11(19)17(8)6-2-5-12(14,15)16/h1,3-4H,2,5-6H2. The predicted molar refractivity (Wildman–Crippen MR) is 66.1 cm³/mol. The van der Waals surface area contributed by atoms with E-state index in [9.17, 15) is 22.8 Å². The highest BCUT2D eigenvalue weighted by molar-refractivity contribution is 9.10. The summed E-state index contributed by atoms with van der Waals surface area (Å²) in [5.41, 5.74) is 0.589. The molecule has 1 amide bonds. The highest BCUT2D eigenvalue weighted by Crippen LogP contribution is 2.34. The van der Waals surface area contributed by atoms with Crippen molar-refractivity contribution in [2.75, 3.05) is 11.4 Å². The molecule has 0 spiro atoms. The minimum absolute atomic E-state index is 0.118. The molecule has 0 saturated carbocycles. The number of hydrogen-bond donors (Lipinski definition) is 0. The Balaban J connectivity index is 2.18. The molecule has 0 fully saturated rings. The predicted octanol–water partition coefficient (Wildman–Crippen LogP) is 3.32. The Morgan fingerprint density at radius 3 is 2.53 bits per heavy atom. The van der Waals surface area contributed by atoms with Gasteiger partial charge in [0.25, 0.3) is 11.7 Å². The van der Waals surface area contributed by atoms with E-state index in [1.807, 2.05) is 0 Å². The van der Waals surface area contributed by atoms with Gasteiger partial charge in [-0.3, -0.25) is 9.59 Å². The minimum Gasteiger partial charge on any atom is -0.305 e. The monoisotopic (exact) mass is 335 g/mol. The van der Waals surface area contributed by atoms with Gasteiger partial charge in [-0.05, 0) is 34.5 Å². The van der Waals surface area contributed by atoms with Crippen molar-refractivity contribution in [3.63, 3.8) is 0 Å². The Hall–Kier alpha value is -1.37. The molecule has 0 unspecified atom stereocenters. The Morgan fingerprint density at radius 1 is 1.21 bits per heavy atom. The number of carbonyl (C=O) groups excluding carboxylic acids is 2. The number of Topliss-reactive ketones (excluding diaryl/α,β-unsaturated/α-hetero) is 1. The lowest BCUT2D eigenvalue weighted by atomic mass is 10.1. The van der Waals surface area contributed by atoms with E-state index in [4.69, 9.17) is 0 Å². The summed E-state index contributed by atoms with van der Waals surface area (Å²) in [6.07, 6.45) is -5.46. The number of anilines is 1. The average molecular weight is 336 g/mol. The summed E-state index contributed by atoms with van der Waals surface area (Å²) in [5, 5.41) is 0. The van der Waals surface area contributed by atoms with E-state index < -0.39 is 24.3 Å². The zero-order chi connectivity index (χ0) is 14.2. The van der Waals surface area contributed by atoms with Crippen LogP contribution >= 0.6 is 15.9 Å². The first kappa shape index (κ1) is 14.0. The average Bonchev–Trinajstić information content (AvgIpc) is 2.54. The number of halogens is 4. The molecule has 0 atom stereocenters. The van der Waals surface area contributed by atoms with Crippen molar-refractivity contribution in [1.82, 2.24) is 0 Å². The van der Waals surface area contributed by atoms with Crippen LogP contribution in [0, 0.1) is 0 Å². The van der Waals surface area contributed by atoms with Gasteiger partial charge in [0.2, 0.25) is 0 Å². The number of ketones is 1. The third-order valence-electron chi connectivity index (χ3n) is 2.79. The number of fused-ring (bicyclic) bond motifs is 1. The summed E-state index contributed by atoms with van der Waals surface area (Å²) in [7, 11) is 0. The summed E-state index contributed by atoms with van der Waals surface area (Å²) in [5.74, 6) is -1.46. The largest absolute Gasteiger partial charge is 0.389 e. The molecule has 7 heteroatoms. The van der Waals surface area contributed by atoms with Gasteiger partial charge in [0, 0.05) is 17.4 Å². The summed E-state index contributed by atoms with van der Waals surface area (Å²) >= 11 is 3.16. The van der Waals surface area contributed by atoms with Crippen LogP contribution < -0.4 is 4.90 Å². The second kappa shape index (κ2) is 4.96. The van der Waals surface area contributed by atoms with Crippen LogP contribution in [0.15, 0.2) is 22.7 Å². The highest BCUT2D eigenvalue weighted by atomic mass is 79.9. The molecule has 3 nitrogen and oxygen atoms in total. The molecular weight excluding hydrogens is 327 g/mol. The topological polar surface area (TPSA) is 37.4 Å². The first-order valence-corrected chi connectivity index (χ1v) is 6.32. The van der Waals surface area contributed by atoms with Crippen molar-refractivity contribution in [3.05, 3.63) is 28.2 Å². The smallest absolute Gasteiger partial charge is 0.305 e. The summed E-state index contributed by atoms with van der Waals surface area (Å²) < 4.78 is 36.7. The molecule has 0 aromatic heterocycles. The van der Waals surface area contributed by atoms with Gasteiger partial charge >= 0.3 is 6.18 Å². The molecule has 1 aliphatic rings. The van der Waals surface area contributed by atoms with Crippen molar-refractivity contribution >= 4 is 33.3 Å². The van der Waals surface area contributed by atoms with Gasteiger partial charge in [-0.25, -0.2) is 0 Å². The van der Waals surface area contributed by atoms with Crippen molar-refractivity contribution in [1.29, 1.82) is 0 Å². The van der Waals surface area contributed by atoms with Gasteiger partial charge in [-0.1, -0.05) is 6.07 Å². The number of rotatable bonds is 3. The van der Waals surface area contributed by atoms with Crippen molar-refractivity contribution in [2.45, 2.75) is 19.0 Å². The molecule has 19 heavy (non-hydrogen) atoms. The maximum atomic E-state index is 12.1. The maximum absolute atomic E-state index is 12.1. The van der Waals surface area contributed by atoms with Crippen LogP contribution in [0.3, 0.4) is 0 Å². The number of carbonyl (C=O) groups is 2.